The molecule has 194 valence electrons. The first kappa shape index (κ1) is 25.2. The molecule has 1 aliphatic heterocycles. The lowest BCUT2D eigenvalue weighted by molar-refractivity contribution is -0.154. The van der Waals surface area contributed by atoms with Crippen LogP contribution in [0, 0.1) is 17.3 Å². The highest BCUT2D eigenvalue weighted by atomic mass is 16.4. The quantitative estimate of drug-likeness (QED) is 0.431. The number of aromatic nitrogens is 1. The maximum Gasteiger partial charge on any atom is 0.326 e. The van der Waals surface area contributed by atoms with Crippen LogP contribution in [0.15, 0.2) is 67.0 Å². The van der Waals surface area contributed by atoms with E-state index in [1.54, 1.807) is 4.90 Å². The van der Waals surface area contributed by atoms with E-state index >= 15 is 0 Å². The normalized spacial score (nSPS) is 24.8. The number of aliphatic carboxylic acids is 1. The molecule has 1 saturated heterocycles. The number of anilines is 1. The van der Waals surface area contributed by atoms with Gasteiger partial charge < -0.3 is 15.3 Å². The summed E-state index contributed by atoms with van der Waals surface area (Å²) in [4.78, 5) is 33.4. The van der Waals surface area contributed by atoms with Crippen LogP contribution < -0.4 is 5.32 Å². The average molecular weight is 500 g/mol. The molecule has 0 bridgehead atoms. The second-order valence-electron chi connectivity index (χ2n) is 11.7. The highest BCUT2D eigenvalue weighted by Gasteiger charge is 2.58. The van der Waals surface area contributed by atoms with Gasteiger partial charge >= 0.3 is 5.97 Å². The molecule has 6 nitrogen and oxygen atoms in total. The Morgan fingerprint density at radius 2 is 1.62 bits per heavy atom. The van der Waals surface area contributed by atoms with Crippen molar-refractivity contribution in [1.29, 1.82) is 0 Å². The second kappa shape index (κ2) is 10.2. The Morgan fingerprint density at radius 1 is 0.946 bits per heavy atom. The number of likely N-dealkylation sites (tertiary alicyclic amines) is 1. The second-order valence-corrected chi connectivity index (χ2v) is 11.7. The minimum absolute atomic E-state index is 0.0180. The summed E-state index contributed by atoms with van der Waals surface area (Å²) in [6.45, 7) is 6.25. The van der Waals surface area contributed by atoms with E-state index in [0.29, 0.717) is 0 Å². The summed E-state index contributed by atoms with van der Waals surface area (Å²) >= 11 is 0. The van der Waals surface area contributed by atoms with Gasteiger partial charge in [0.2, 0.25) is 5.91 Å². The minimum atomic E-state index is -0.939. The van der Waals surface area contributed by atoms with Crippen molar-refractivity contribution in [3.05, 3.63) is 72.6 Å². The Labute approximate surface area is 219 Å². The van der Waals surface area contributed by atoms with Crippen molar-refractivity contribution in [2.45, 2.75) is 71.0 Å². The van der Waals surface area contributed by atoms with E-state index in [9.17, 15) is 14.7 Å². The monoisotopic (exact) mass is 499 g/mol. The maximum absolute atomic E-state index is 14.2. The number of hydrogen-bond acceptors (Lipinski definition) is 4. The van der Waals surface area contributed by atoms with Crippen molar-refractivity contribution < 1.29 is 14.7 Å². The zero-order chi connectivity index (χ0) is 26.2. The molecular formula is C31H37N3O3. The summed E-state index contributed by atoms with van der Waals surface area (Å²) in [6.07, 6.45) is 8.48. The molecular weight excluding hydrogens is 462 g/mol. The standard InChI is InChI=1S/C31H37N3O3/c1-31(2,3)25-26(33-24-19-32-18-22-16-10-11-17-23(22)24)27(20-12-6-4-7-13-20)34(28(25)30(36)37)29(35)21-14-8-5-9-15-21/h4,6-7,10-13,16-19,21,25-28,33H,5,8-9,14-15H2,1-3H3,(H,36,37)/t25-,26-,27-,28-/m0/s1. The molecule has 0 unspecified atom stereocenters. The van der Waals surface area contributed by atoms with Crippen LogP contribution in [-0.2, 0) is 9.59 Å². The minimum Gasteiger partial charge on any atom is -0.480 e. The Balaban J connectivity index is 1.67. The Morgan fingerprint density at radius 3 is 2.30 bits per heavy atom. The van der Waals surface area contributed by atoms with Crippen molar-refractivity contribution in [1.82, 2.24) is 9.88 Å². The van der Waals surface area contributed by atoms with Crippen LogP contribution in [0.4, 0.5) is 5.69 Å². The molecule has 3 aromatic rings. The molecule has 2 aromatic carbocycles. The summed E-state index contributed by atoms with van der Waals surface area (Å²) in [6, 6.07) is 16.3. The van der Waals surface area contributed by atoms with E-state index in [4.69, 9.17) is 0 Å². The molecule has 4 atom stereocenters. The highest BCUT2D eigenvalue weighted by molar-refractivity contribution is 5.93. The largest absolute Gasteiger partial charge is 0.480 e. The van der Waals surface area contributed by atoms with E-state index < -0.39 is 18.1 Å². The van der Waals surface area contributed by atoms with Crippen molar-refractivity contribution in [3.63, 3.8) is 0 Å². The van der Waals surface area contributed by atoms with Crippen LogP contribution >= 0.6 is 0 Å². The number of rotatable bonds is 5. The van der Waals surface area contributed by atoms with Gasteiger partial charge in [-0.15, -0.1) is 0 Å². The summed E-state index contributed by atoms with van der Waals surface area (Å²) in [5.74, 6) is -1.41. The van der Waals surface area contributed by atoms with Crippen LogP contribution in [0.25, 0.3) is 10.8 Å². The van der Waals surface area contributed by atoms with Gasteiger partial charge in [-0.05, 0) is 23.8 Å². The summed E-state index contributed by atoms with van der Waals surface area (Å²) in [5, 5.41) is 16.4. The molecule has 1 amide bonds. The molecule has 6 heteroatoms. The van der Waals surface area contributed by atoms with Gasteiger partial charge in [-0.1, -0.05) is 94.6 Å². The molecule has 2 heterocycles. The third kappa shape index (κ3) is 4.81. The molecule has 0 radical (unpaired) electrons. The molecule has 2 N–H and O–H groups in total. The zero-order valence-corrected chi connectivity index (χ0v) is 21.9. The number of benzene rings is 2. The lowest BCUT2D eigenvalue weighted by Crippen LogP contribution is -2.49. The van der Waals surface area contributed by atoms with E-state index in [1.165, 1.54) is 0 Å². The van der Waals surface area contributed by atoms with Crippen LogP contribution in [0.2, 0.25) is 0 Å². The molecule has 2 fully saturated rings. The molecule has 1 aromatic heterocycles. The van der Waals surface area contributed by atoms with E-state index in [-0.39, 0.29) is 29.2 Å². The number of carboxylic acids is 1. The predicted octanol–water partition coefficient (Wildman–Crippen LogP) is 6.29. The van der Waals surface area contributed by atoms with Crippen molar-refractivity contribution in [3.8, 4) is 0 Å². The SMILES string of the molecule is CC(C)(C)[C@H]1[C@H](Nc2cncc3ccccc23)[C@H](c2ccccc2)N(C(=O)C2CCCCC2)[C@@H]1C(=O)O. The lowest BCUT2D eigenvalue weighted by Gasteiger charge is -2.36. The third-order valence-corrected chi connectivity index (χ3v) is 8.26. The van der Waals surface area contributed by atoms with Crippen molar-refractivity contribution in [2.24, 2.45) is 17.3 Å². The number of carbonyl (C=O) groups is 2. The molecule has 5 rings (SSSR count). The lowest BCUT2D eigenvalue weighted by atomic mass is 9.72. The van der Waals surface area contributed by atoms with E-state index in [2.05, 4.69) is 37.1 Å². The summed E-state index contributed by atoms with van der Waals surface area (Å²) < 4.78 is 0. The third-order valence-electron chi connectivity index (χ3n) is 8.26. The van der Waals surface area contributed by atoms with Gasteiger partial charge in [0, 0.05) is 28.8 Å². The predicted molar refractivity (Wildman–Crippen MR) is 146 cm³/mol. The van der Waals surface area contributed by atoms with Gasteiger partial charge in [-0.25, -0.2) is 4.79 Å². The van der Waals surface area contributed by atoms with Gasteiger partial charge in [0.05, 0.1) is 24.0 Å². The number of hydrogen-bond donors (Lipinski definition) is 2. The topological polar surface area (TPSA) is 82.5 Å². The fourth-order valence-corrected chi connectivity index (χ4v) is 6.63. The van der Waals surface area contributed by atoms with E-state index in [1.807, 2.05) is 60.9 Å². The number of nitrogens with zero attached hydrogens (tertiary/aromatic N) is 2. The first-order valence-corrected chi connectivity index (χ1v) is 13.5. The van der Waals surface area contributed by atoms with E-state index in [0.717, 1.165) is 54.1 Å². The Bertz CT molecular complexity index is 1260. The van der Waals surface area contributed by atoms with Crippen molar-refractivity contribution in [2.75, 3.05) is 5.32 Å². The van der Waals surface area contributed by atoms with Crippen molar-refractivity contribution >= 4 is 28.3 Å². The summed E-state index contributed by atoms with van der Waals surface area (Å²) in [5.41, 5.74) is 1.43. The number of nitrogens with one attached hydrogen (secondary N) is 1. The van der Waals surface area contributed by atoms with Gasteiger partial charge in [-0.2, -0.15) is 0 Å². The molecule has 0 spiro atoms. The number of carboxylic acid groups (broad SMARTS) is 1. The number of amides is 1. The molecule has 2 aliphatic rings. The fourth-order valence-electron chi connectivity index (χ4n) is 6.63. The summed E-state index contributed by atoms with van der Waals surface area (Å²) in [7, 11) is 0. The van der Waals surface area contributed by atoms with Gasteiger partial charge in [0.25, 0.3) is 0 Å². The molecule has 1 saturated carbocycles. The van der Waals surface area contributed by atoms with Gasteiger partial charge in [0.15, 0.2) is 0 Å². The first-order valence-electron chi connectivity index (χ1n) is 13.5. The van der Waals surface area contributed by atoms with Gasteiger partial charge in [-0.3, -0.25) is 9.78 Å². The highest BCUT2D eigenvalue weighted by Crippen LogP contribution is 2.50. The van der Waals surface area contributed by atoms with Crippen LogP contribution in [-0.4, -0.2) is 39.0 Å². The van der Waals surface area contributed by atoms with Gasteiger partial charge in [0.1, 0.15) is 6.04 Å². The number of pyridine rings is 1. The average Bonchev–Trinajstić information content (AvgIpc) is 3.25. The van der Waals surface area contributed by atoms with Crippen LogP contribution in [0.3, 0.4) is 0 Å². The molecule has 1 aliphatic carbocycles. The maximum atomic E-state index is 14.2. The first-order chi connectivity index (χ1) is 17.8. The zero-order valence-electron chi connectivity index (χ0n) is 21.9. The van der Waals surface area contributed by atoms with Crippen LogP contribution in [0.5, 0.6) is 0 Å². The number of fused-ring (bicyclic) bond motifs is 1. The fraction of sp³-hybridized carbons (Fsp3) is 0.452. The smallest absolute Gasteiger partial charge is 0.326 e. The Kier molecular flexibility index (Phi) is 6.93. The Hall–Kier alpha value is -3.41. The van der Waals surface area contributed by atoms with Crippen LogP contribution in [0.1, 0.15) is 64.5 Å². The molecule has 37 heavy (non-hydrogen) atoms. The number of carbonyl (C=O) groups excluding carboxylic acids is 1.